The van der Waals surface area contributed by atoms with Crippen LogP contribution < -0.4 is 5.73 Å². The van der Waals surface area contributed by atoms with E-state index < -0.39 is 27.0 Å². The van der Waals surface area contributed by atoms with Crippen molar-refractivity contribution in [2.24, 2.45) is 0 Å². The van der Waals surface area contributed by atoms with Crippen molar-refractivity contribution in [1.29, 1.82) is 0 Å². The minimum Gasteiger partial charge on any atom is -0.398 e. The minimum absolute atomic E-state index is 0.0719. The second kappa shape index (κ2) is 4.93. The molecule has 0 aromatic heterocycles. The lowest BCUT2D eigenvalue weighted by Crippen LogP contribution is -2.58. The summed E-state index contributed by atoms with van der Waals surface area (Å²) in [5.74, 6) is -0.561. The predicted molar refractivity (Wildman–Crippen MR) is 78.8 cm³/mol. The van der Waals surface area contributed by atoms with Crippen molar-refractivity contribution in [3.63, 3.8) is 0 Å². The van der Waals surface area contributed by atoms with Gasteiger partial charge in [0.05, 0.1) is 16.9 Å². The molecule has 2 rings (SSSR count). The summed E-state index contributed by atoms with van der Waals surface area (Å²) < 4.78 is 45.9. The monoisotopic (exact) mass is 316 g/mol. The van der Waals surface area contributed by atoms with Crippen LogP contribution in [-0.2, 0) is 14.8 Å². The molecule has 1 fully saturated rings. The second-order valence-electron chi connectivity index (χ2n) is 6.58. The molecule has 1 saturated heterocycles. The Morgan fingerprint density at radius 2 is 1.71 bits per heavy atom. The highest BCUT2D eigenvalue weighted by Gasteiger charge is 2.43. The quantitative estimate of drug-likeness (QED) is 0.847. The summed E-state index contributed by atoms with van der Waals surface area (Å²) in [5.41, 5.74) is 4.37. The zero-order valence-corrected chi connectivity index (χ0v) is 13.5. The van der Waals surface area contributed by atoms with E-state index in [2.05, 4.69) is 0 Å². The second-order valence-corrected chi connectivity index (χ2v) is 8.48. The Morgan fingerprint density at radius 3 is 2.19 bits per heavy atom. The zero-order valence-electron chi connectivity index (χ0n) is 12.7. The van der Waals surface area contributed by atoms with E-state index in [-0.39, 0.29) is 23.7 Å². The Kier molecular flexibility index (Phi) is 3.80. The van der Waals surface area contributed by atoms with Crippen LogP contribution in [0.3, 0.4) is 0 Å². The van der Waals surface area contributed by atoms with E-state index in [4.69, 9.17) is 10.5 Å². The number of hydrogen-bond acceptors (Lipinski definition) is 4. The molecule has 1 aromatic rings. The van der Waals surface area contributed by atoms with Crippen LogP contribution in [0.15, 0.2) is 23.1 Å². The number of nitrogens with zero attached hydrogens (tertiary/aromatic N) is 1. The van der Waals surface area contributed by atoms with E-state index in [1.807, 2.05) is 27.7 Å². The fourth-order valence-corrected chi connectivity index (χ4v) is 4.62. The van der Waals surface area contributed by atoms with E-state index in [9.17, 15) is 12.8 Å². The third-order valence-electron chi connectivity index (χ3n) is 3.26. The number of rotatable bonds is 2. The van der Waals surface area contributed by atoms with Gasteiger partial charge in [-0.25, -0.2) is 12.8 Å². The van der Waals surface area contributed by atoms with Crippen LogP contribution in [0.5, 0.6) is 0 Å². The molecule has 118 valence electrons. The van der Waals surface area contributed by atoms with Gasteiger partial charge < -0.3 is 10.5 Å². The molecule has 1 heterocycles. The average Bonchev–Trinajstić information content (AvgIpc) is 2.23. The highest BCUT2D eigenvalue weighted by atomic mass is 32.2. The number of nitrogens with two attached hydrogens (primary N) is 1. The molecule has 0 aliphatic carbocycles. The van der Waals surface area contributed by atoms with Gasteiger partial charge in [-0.1, -0.05) is 0 Å². The molecule has 5 nitrogen and oxygen atoms in total. The van der Waals surface area contributed by atoms with Crippen LogP contribution in [-0.4, -0.2) is 37.0 Å². The van der Waals surface area contributed by atoms with Gasteiger partial charge in [-0.05, 0) is 45.9 Å². The van der Waals surface area contributed by atoms with E-state index in [0.29, 0.717) is 0 Å². The third-order valence-corrected chi connectivity index (χ3v) is 5.12. The lowest BCUT2D eigenvalue weighted by atomic mass is 10.0. The Bertz CT molecular complexity index is 640. The van der Waals surface area contributed by atoms with Crippen LogP contribution in [0.25, 0.3) is 0 Å². The number of sulfonamides is 1. The molecule has 1 aliphatic rings. The van der Waals surface area contributed by atoms with Crippen molar-refractivity contribution in [2.75, 3.05) is 18.8 Å². The van der Waals surface area contributed by atoms with Gasteiger partial charge in [-0.2, -0.15) is 4.31 Å². The summed E-state index contributed by atoms with van der Waals surface area (Å²) >= 11 is 0. The predicted octanol–water partition coefficient (Wildman–Crippen LogP) is 1.99. The first kappa shape index (κ1) is 16.2. The van der Waals surface area contributed by atoms with Crippen molar-refractivity contribution >= 4 is 15.7 Å². The molecular formula is C14H21FN2O3S. The molecule has 0 atom stereocenters. The number of benzene rings is 1. The highest BCUT2D eigenvalue weighted by Crippen LogP contribution is 2.33. The van der Waals surface area contributed by atoms with Crippen molar-refractivity contribution < 1.29 is 17.5 Å². The van der Waals surface area contributed by atoms with E-state index in [1.165, 1.54) is 10.4 Å². The van der Waals surface area contributed by atoms with Crippen LogP contribution >= 0.6 is 0 Å². The first-order valence-electron chi connectivity index (χ1n) is 6.68. The molecule has 0 radical (unpaired) electrons. The molecule has 21 heavy (non-hydrogen) atoms. The lowest BCUT2D eigenvalue weighted by molar-refractivity contribution is -0.163. The third kappa shape index (κ3) is 3.36. The summed E-state index contributed by atoms with van der Waals surface area (Å²) in [6.45, 7) is 7.79. The lowest BCUT2D eigenvalue weighted by Gasteiger charge is -2.46. The van der Waals surface area contributed by atoms with Gasteiger partial charge in [0.15, 0.2) is 0 Å². The molecule has 2 N–H and O–H groups in total. The molecule has 0 bridgehead atoms. The van der Waals surface area contributed by atoms with Gasteiger partial charge in [0.2, 0.25) is 10.0 Å². The normalized spacial score (nSPS) is 22.1. The first-order valence-corrected chi connectivity index (χ1v) is 8.12. The standard InChI is InChI=1S/C14H21FN2O3S/c1-13(2)8-17(9-14(3,4)20-13)21(18,19)12-6-5-10(15)7-11(12)16/h5-7H,8-9,16H2,1-4H3. The SMILES string of the molecule is CC1(C)CN(S(=O)(=O)c2ccc(F)cc2N)CC(C)(C)O1. The smallest absolute Gasteiger partial charge is 0.245 e. The Morgan fingerprint density at radius 1 is 1.19 bits per heavy atom. The highest BCUT2D eigenvalue weighted by molar-refractivity contribution is 7.89. The number of halogens is 1. The van der Waals surface area contributed by atoms with E-state index in [0.717, 1.165) is 12.1 Å². The van der Waals surface area contributed by atoms with Crippen molar-refractivity contribution in [3.05, 3.63) is 24.0 Å². The van der Waals surface area contributed by atoms with Crippen LogP contribution in [0.4, 0.5) is 10.1 Å². The van der Waals surface area contributed by atoms with Crippen molar-refractivity contribution in [3.8, 4) is 0 Å². The summed E-state index contributed by atoms with van der Waals surface area (Å²) in [5, 5.41) is 0. The van der Waals surface area contributed by atoms with E-state index in [1.54, 1.807) is 0 Å². The maximum Gasteiger partial charge on any atom is 0.245 e. The maximum absolute atomic E-state index is 13.1. The molecule has 1 aromatic carbocycles. The molecule has 0 saturated carbocycles. The number of ether oxygens (including phenoxy) is 1. The largest absolute Gasteiger partial charge is 0.398 e. The zero-order chi connectivity index (χ0) is 16.1. The number of hydrogen-bond donors (Lipinski definition) is 1. The number of anilines is 1. The Balaban J connectivity index is 2.43. The number of nitrogen functional groups attached to an aromatic ring is 1. The van der Waals surface area contributed by atoms with Crippen LogP contribution in [0, 0.1) is 5.82 Å². The van der Waals surface area contributed by atoms with Gasteiger partial charge in [0, 0.05) is 13.1 Å². The minimum atomic E-state index is -3.79. The Labute approximate surface area is 124 Å². The molecule has 7 heteroatoms. The van der Waals surface area contributed by atoms with Crippen molar-refractivity contribution in [1.82, 2.24) is 4.31 Å². The van der Waals surface area contributed by atoms with Crippen molar-refractivity contribution in [2.45, 2.75) is 43.8 Å². The van der Waals surface area contributed by atoms with Gasteiger partial charge >= 0.3 is 0 Å². The molecule has 1 aliphatic heterocycles. The molecular weight excluding hydrogens is 295 g/mol. The number of morpholine rings is 1. The molecule has 0 amide bonds. The van der Waals surface area contributed by atoms with Gasteiger partial charge in [-0.3, -0.25) is 0 Å². The Hall–Kier alpha value is -1.18. The maximum atomic E-state index is 13.1. The summed E-state index contributed by atoms with van der Waals surface area (Å²) in [7, 11) is -3.79. The summed E-state index contributed by atoms with van der Waals surface area (Å²) in [6, 6.07) is 3.32. The fraction of sp³-hybridized carbons (Fsp3) is 0.571. The average molecular weight is 316 g/mol. The molecule has 0 spiro atoms. The topological polar surface area (TPSA) is 72.6 Å². The first-order chi connectivity index (χ1) is 9.43. The van der Waals surface area contributed by atoms with E-state index >= 15 is 0 Å². The van der Waals surface area contributed by atoms with Crippen LogP contribution in [0.1, 0.15) is 27.7 Å². The van der Waals surface area contributed by atoms with Gasteiger partial charge in [-0.15, -0.1) is 0 Å². The fourth-order valence-electron chi connectivity index (χ4n) is 2.78. The molecule has 0 unspecified atom stereocenters. The van der Waals surface area contributed by atoms with Gasteiger partial charge in [0.1, 0.15) is 10.7 Å². The van der Waals surface area contributed by atoms with Crippen LogP contribution in [0.2, 0.25) is 0 Å². The summed E-state index contributed by atoms with van der Waals surface area (Å²) in [4.78, 5) is -0.0719. The summed E-state index contributed by atoms with van der Waals surface area (Å²) in [6.07, 6.45) is 0. The van der Waals surface area contributed by atoms with Gasteiger partial charge in [0.25, 0.3) is 0 Å².